The van der Waals surface area contributed by atoms with Crippen LogP contribution in [0.25, 0.3) is 0 Å². The number of carbonyl (C=O) groups is 2. The number of amides is 2. The Morgan fingerprint density at radius 2 is 2.00 bits per heavy atom. The molecule has 0 unspecified atom stereocenters. The van der Waals surface area contributed by atoms with Crippen molar-refractivity contribution in [1.82, 2.24) is 4.90 Å². The number of hydrogen-bond donors (Lipinski definition) is 1. The predicted octanol–water partition coefficient (Wildman–Crippen LogP) is 3.26. The molecule has 124 valence electrons. The molecular weight excluding hydrogens is 324 g/mol. The van der Waals surface area contributed by atoms with E-state index in [1.165, 1.54) is 11.8 Å². The summed E-state index contributed by atoms with van der Waals surface area (Å²) in [6, 6.07) is 15.0. The average molecular weight is 342 g/mol. The molecule has 2 aromatic rings. The van der Waals surface area contributed by atoms with Crippen LogP contribution in [0.5, 0.6) is 11.5 Å². The quantitative estimate of drug-likeness (QED) is 0.906. The fraction of sp³-hybridized carbons (Fsp3) is 0.222. The molecule has 3 rings (SSSR count). The van der Waals surface area contributed by atoms with E-state index in [1.807, 2.05) is 31.2 Å². The second kappa shape index (κ2) is 7.40. The van der Waals surface area contributed by atoms with Crippen LogP contribution in [-0.4, -0.2) is 34.9 Å². The third-order valence-corrected chi connectivity index (χ3v) is 4.47. The molecular formula is C18H18N2O3S. The number of carbonyl (C=O) groups excluding carboxylic acids is 2. The molecule has 6 heteroatoms. The average Bonchev–Trinajstić information content (AvgIpc) is 2.94. The van der Waals surface area contributed by atoms with Gasteiger partial charge in [-0.3, -0.25) is 9.59 Å². The highest BCUT2D eigenvalue weighted by Gasteiger charge is 2.22. The van der Waals surface area contributed by atoms with E-state index in [4.69, 9.17) is 4.74 Å². The number of benzene rings is 2. The summed E-state index contributed by atoms with van der Waals surface area (Å²) in [7, 11) is 0. The summed E-state index contributed by atoms with van der Waals surface area (Å²) in [5.74, 6) is 2.32. The van der Waals surface area contributed by atoms with Gasteiger partial charge in [0.2, 0.25) is 11.8 Å². The predicted molar refractivity (Wildman–Crippen MR) is 95.4 cm³/mol. The van der Waals surface area contributed by atoms with E-state index in [0.29, 0.717) is 23.1 Å². The molecule has 24 heavy (non-hydrogen) atoms. The smallest absolute Gasteiger partial charge is 0.244 e. The van der Waals surface area contributed by atoms with E-state index < -0.39 is 0 Å². The second-order valence-electron chi connectivity index (χ2n) is 5.56. The van der Waals surface area contributed by atoms with E-state index in [2.05, 4.69) is 5.32 Å². The maximum atomic E-state index is 12.0. The standard InChI is InChI=1S/C18H18N2O3S/c1-13-3-2-4-16(9-13)23-15-7-5-14(6-8-15)19-17(21)10-20-12-24-11-18(20)22/h2-9H,10-12H2,1H3,(H,19,21). The number of hydrogen-bond acceptors (Lipinski definition) is 4. The molecule has 0 spiro atoms. The summed E-state index contributed by atoms with van der Waals surface area (Å²) >= 11 is 1.52. The summed E-state index contributed by atoms with van der Waals surface area (Å²) in [6.45, 7) is 2.10. The van der Waals surface area contributed by atoms with Crippen LogP contribution < -0.4 is 10.1 Å². The molecule has 2 amide bonds. The van der Waals surface area contributed by atoms with E-state index >= 15 is 0 Å². The van der Waals surface area contributed by atoms with Crippen molar-refractivity contribution in [3.63, 3.8) is 0 Å². The van der Waals surface area contributed by atoms with Crippen molar-refractivity contribution in [2.24, 2.45) is 0 Å². The largest absolute Gasteiger partial charge is 0.457 e. The van der Waals surface area contributed by atoms with Crippen molar-refractivity contribution < 1.29 is 14.3 Å². The first-order valence-corrected chi connectivity index (χ1v) is 8.75. The van der Waals surface area contributed by atoms with Crippen LogP contribution in [0.2, 0.25) is 0 Å². The Bertz CT molecular complexity index is 746. The molecule has 1 aliphatic rings. The van der Waals surface area contributed by atoms with Gasteiger partial charge in [-0.1, -0.05) is 12.1 Å². The SMILES string of the molecule is Cc1cccc(Oc2ccc(NC(=O)CN3CSCC3=O)cc2)c1. The number of thioether (sulfide) groups is 1. The van der Waals surface area contributed by atoms with Gasteiger partial charge in [0.15, 0.2) is 0 Å². The number of nitrogens with one attached hydrogen (secondary N) is 1. The van der Waals surface area contributed by atoms with Gasteiger partial charge < -0.3 is 15.0 Å². The topological polar surface area (TPSA) is 58.6 Å². The van der Waals surface area contributed by atoms with Crippen molar-refractivity contribution in [3.8, 4) is 11.5 Å². The van der Waals surface area contributed by atoms with Gasteiger partial charge in [0, 0.05) is 5.69 Å². The molecule has 1 heterocycles. The van der Waals surface area contributed by atoms with E-state index in [0.717, 1.165) is 11.3 Å². The first kappa shape index (κ1) is 16.4. The van der Waals surface area contributed by atoms with Crippen LogP contribution in [0, 0.1) is 6.92 Å². The fourth-order valence-corrected chi connectivity index (χ4v) is 3.24. The maximum absolute atomic E-state index is 12.0. The fourth-order valence-electron chi connectivity index (χ4n) is 2.34. The maximum Gasteiger partial charge on any atom is 0.244 e. The van der Waals surface area contributed by atoms with Crippen molar-refractivity contribution in [2.45, 2.75) is 6.92 Å². The van der Waals surface area contributed by atoms with Gasteiger partial charge in [-0.15, -0.1) is 11.8 Å². The summed E-state index contributed by atoms with van der Waals surface area (Å²) in [5, 5.41) is 2.79. The molecule has 1 saturated heterocycles. The van der Waals surface area contributed by atoms with Crippen LogP contribution in [0.3, 0.4) is 0 Å². The first-order valence-electron chi connectivity index (χ1n) is 7.60. The molecule has 0 bridgehead atoms. The van der Waals surface area contributed by atoms with Crippen molar-refractivity contribution >= 4 is 29.3 Å². The molecule has 1 aliphatic heterocycles. The monoisotopic (exact) mass is 342 g/mol. The lowest BCUT2D eigenvalue weighted by Gasteiger charge is -2.14. The van der Waals surface area contributed by atoms with Crippen molar-refractivity contribution in [3.05, 3.63) is 54.1 Å². The van der Waals surface area contributed by atoms with Gasteiger partial charge in [-0.25, -0.2) is 0 Å². The normalized spacial score (nSPS) is 13.9. The molecule has 0 saturated carbocycles. The van der Waals surface area contributed by atoms with Gasteiger partial charge in [0.1, 0.15) is 18.0 Å². The Morgan fingerprint density at radius 3 is 2.67 bits per heavy atom. The lowest BCUT2D eigenvalue weighted by Crippen LogP contribution is -2.34. The van der Waals surface area contributed by atoms with Gasteiger partial charge in [0.25, 0.3) is 0 Å². The number of rotatable bonds is 5. The van der Waals surface area contributed by atoms with E-state index in [-0.39, 0.29) is 18.4 Å². The van der Waals surface area contributed by atoms with Crippen LogP contribution in [-0.2, 0) is 9.59 Å². The summed E-state index contributed by atoms with van der Waals surface area (Å²) in [5.41, 5.74) is 1.81. The van der Waals surface area contributed by atoms with Crippen LogP contribution in [0.15, 0.2) is 48.5 Å². The highest BCUT2D eigenvalue weighted by Crippen LogP contribution is 2.23. The number of nitrogens with zero attached hydrogens (tertiary/aromatic N) is 1. The summed E-state index contributed by atoms with van der Waals surface area (Å²) in [6.07, 6.45) is 0. The van der Waals surface area contributed by atoms with Gasteiger partial charge in [-0.05, 0) is 48.9 Å². The number of anilines is 1. The Morgan fingerprint density at radius 1 is 1.21 bits per heavy atom. The molecule has 2 aromatic carbocycles. The van der Waals surface area contributed by atoms with Gasteiger partial charge in [0.05, 0.1) is 11.6 Å². The van der Waals surface area contributed by atoms with Gasteiger partial charge in [-0.2, -0.15) is 0 Å². The molecule has 1 fully saturated rings. The zero-order chi connectivity index (χ0) is 16.9. The molecule has 1 N–H and O–H groups in total. The van der Waals surface area contributed by atoms with E-state index in [1.54, 1.807) is 29.2 Å². The van der Waals surface area contributed by atoms with Crippen LogP contribution in [0.4, 0.5) is 5.69 Å². The lowest BCUT2D eigenvalue weighted by molar-refractivity contribution is -0.130. The molecule has 0 atom stereocenters. The first-order chi connectivity index (χ1) is 11.6. The second-order valence-corrected chi connectivity index (χ2v) is 6.52. The van der Waals surface area contributed by atoms with Crippen molar-refractivity contribution in [1.29, 1.82) is 0 Å². The molecule has 0 aliphatic carbocycles. The minimum Gasteiger partial charge on any atom is -0.457 e. The summed E-state index contributed by atoms with van der Waals surface area (Å²) < 4.78 is 5.77. The summed E-state index contributed by atoms with van der Waals surface area (Å²) in [4.78, 5) is 25.0. The van der Waals surface area contributed by atoms with Crippen LogP contribution >= 0.6 is 11.8 Å². The Hall–Kier alpha value is -2.47. The van der Waals surface area contributed by atoms with Crippen molar-refractivity contribution in [2.75, 3.05) is 23.5 Å². The minimum absolute atomic E-state index is 0.0112. The Labute approximate surface area is 145 Å². The third-order valence-electron chi connectivity index (χ3n) is 3.52. The zero-order valence-electron chi connectivity index (χ0n) is 13.3. The highest BCUT2D eigenvalue weighted by atomic mass is 32.2. The molecule has 5 nitrogen and oxygen atoms in total. The zero-order valence-corrected chi connectivity index (χ0v) is 14.1. The molecule has 0 aromatic heterocycles. The third kappa shape index (κ3) is 4.29. The Balaban J connectivity index is 1.56. The minimum atomic E-state index is -0.196. The highest BCUT2D eigenvalue weighted by molar-refractivity contribution is 8.00. The van der Waals surface area contributed by atoms with Gasteiger partial charge >= 0.3 is 0 Å². The number of ether oxygens (including phenoxy) is 1. The Kier molecular flexibility index (Phi) is 5.05. The number of aryl methyl sites for hydroxylation is 1. The molecule has 0 radical (unpaired) electrons. The van der Waals surface area contributed by atoms with E-state index in [9.17, 15) is 9.59 Å². The van der Waals surface area contributed by atoms with Crippen LogP contribution in [0.1, 0.15) is 5.56 Å². The lowest BCUT2D eigenvalue weighted by atomic mass is 10.2.